The molecule has 106 valence electrons. The Morgan fingerprint density at radius 1 is 1.26 bits per heavy atom. The van der Waals surface area contributed by atoms with Crippen LogP contribution in [0.4, 0.5) is 0 Å². The lowest BCUT2D eigenvalue weighted by atomic mass is 9.86. The summed E-state index contributed by atoms with van der Waals surface area (Å²) in [5.41, 5.74) is 8.17. The van der Waals surface area contributed by atoms with E-state index < -0.39 is 0 Å². The Hall–Kier alpha value is -1.09. The zero-order chi connectivity index (χ0) is 14.5. The lowest BCUT2D eigenvalue weighted by molar-refractivity contribution is 0.306. The summed E-state index contributed by atoms with van der Waals surface area (Å²) in [5.74, 6) is 0.975. The third-order valence-electron chi connectivity index (χ3n) is 3.12. The number of hydrogen-bond acceptors (Lipinski definition) is 2. The molecule has 0 atom stereocenters. The van der Waals surface area contributed by atoms with Crippen LogP contribution in [0.2, 0.25) is 0 Å². The lowest BCUT2D eigenvalue weighted by Gasteiger charge is -2.20. The second-order valence-electron chi connectivity index (χ2n) is 6.00. The fourth-order valence-corrected chi connectivity index (χ4v) is 2.01. The molecule has 1 aromatic rings. The first-order valence-electron chi connectivity index (χ1n) is 6.83. The molecule has 0 saturated carbocycles. The average Bonchev–Trinajstić information content (AvgIpc) is 2.28. The number of hydrogen-bond donors (Lipinski definition) is 1. The molecule has 19 heavy (non-hydrogen) atoms. The van der Waals surface area contributed by atoms with E-state index in [0.29, 0.717) is 4.99 Å². The number of rotatable bonds is 6. The molecular formula is C16H25NOS. The van der Waals surface area contributed by atoms with Gasteiger partial charge in [-0.05, 0) is 48.8 Å². The van der Waals surface area contributed by atoms with Crippen molar-refractivity contribution in [1.29, 1.82) is 0 Å². The Balaban J connectivity index is 2.49. The van der Waals surface area contributed by atoms with E-state index in [1.54, 1.807) is 0 Å². The Kier molecular flexibility index (Phi) is 5.80. The largest absolute Gasteiger partial charge is 0.493 e. The summed E-state index contributed by atoms with van der Waals surface area (Å²) < 4.78 is 5.80. The van der Waals surface area contributed by atoms with E-state index in [1.165, 1.54) is 11.1 Å². The fourth-order valence-electron chi connectivity index (χ4n) is 1.86. The van der Waals surface area contributed by atoms with Gasteiger partial charge in [-0.1, -0.05) is 45.1 Å². The summed E-state index contributed by atoms with van der Waals surface area (Å²) in [5, 5.41) is 0. The average molecular weight is 279 g/mol. The van der Waals surface area contributed by atoms with E-state index in [4.69, 9.17) is 22.7 Å². The highest BCUT2D eigenvalue weighted by molar-refractivity contribution is 7.80. The van der Waals surface area contributed by atoms with Gasteiger partial charge in [0.1, 0.15) is 5.75 Å². The van der Waals surface area contributed by atoms with Crippen LogP contribution in [0.25, 0.3) is 0 Å². The van der Waals surface area contributed by atoms with Gasteiger partial charge in [0.15, 0.2) is 0 Å². The molecule has 0 aliphatic heterocycles. The molecule has 1 aromatic carbocycles. The predicted molar refractivity (Wildman–Crippen MR) is 86.0 cm³/mol. The third kappa shape index (κ3) is 5.60. The Morgan fingerprint density at radius 2 is 1.95 bits per heavy atom. The highest BCUT2D eigenvalue weighted by Crippen LogP contribution is 2.27. The summed E-state index contributed by atoms with van der Waals surface area (Å²) in [7, 11) is 0. The molecule has 0 bridgehead atoms. The second kappa shape index (κ2) is 6.90. The maximum absolute atomic E-state index is 5.80. The molecule has 0 spiro atoms. The number of thiocarbonyl (C=S) groups is 1. The molecule has 0 aliphatic rings. The zero-order valence-corrected chi connectivity index (χ0v) is 13.3. The normalized spacial score (nSPS) is 11.4. The van der Waals surface area contributed by atoms with Crippen LogP contribution >= 0.6 is 12.2 Å². The Labute approximate surface area is 122 Å². The molecule has 0 radical (unpaired) electrons. The molecule has 0 amide bonds. The Morgan fingerprint density at radius 3 is 2.47 bits per heavy atom. The van der Waals surface area contributed by atoms with Gasteiger partial charge in [-0.3, -0.25) is 0 Å². The van der Waals surface area contributed by atoms with Gasteiger partial charge in [-0.15, -0.1) is 0 Å². The summed E-state index contributed by atoms with van der Waals surface area (Å²) >= 11 is 4.85. The summed E-state index contributed by atoms with van der Waals surface area (Å²) in [6, 6.07) is 6.44. The van der Waals surface area contributed by atoms with Crippen molar-refractivity contribution in [2.24, 2.45) is 5.73 Å². The molecule has 0 aliphatic carbocycles. The molecule has 0 aromatic heterocycles. The van der Waals surface area contributed by atoms with Crippen molar-refractivity contribution >= 4 is 17.2 Å². The van der Waals surface area contributed by atoms with Crippen molar-refractivity contribution in [2.75, 3.05) is 6.61 Å². The van der Waals surface area contributed by atoms with Gasteiger partial charge in [-0.25, -0.2) is 0 Å². The minimum Gasteiger partial charge on any atom is -0.493 e. The van der Waals surface area contributed by atoms with Crippen LogP contribution in [0.5, 0.6) is 5.75 Å². The topological polar surface area (TPSA) is 35.2 Å². The maximum Gasteiger partial charge on any atom is 0.122 e. The van der Waals surface area contributed by atoms with Gasteiger partial charge in [0, 0.05) is 0 Å². The van der Waals surface area contributed by atoms with Crippen molar-refractivity contribution in [3.63, 3.8) is 0 Å². The third-order valence-corrected chi connectivity index (χ3v) is 3.32. The quantitative estimate of drug-likeness (QED) is 0.628. The highest BCUT2D eigenvalue weighted by atomic mass is 32.1. The van der Waals surface area contributed by atoms with Crippen LogP contribution in [0.15, 0.2) is 18.2 Å². The lowest BCUT2D eigenvalue weighted by Crippen LogP contribution is -2.11. The first-order chi connectivity index (χ1) is 8.80. The number of ether oxygens (including phenoxy) is 1. The molecule has 0 saturated heterocycles. The summed E-state index contributed by atoms with van der Waals surface area (Å²) in [4.78, 5) is 0.589. The standard InChI is InChI=1S/C16H25NOS/c1-12-11-13(16(2,3)4)8-9-14(12)18-10-6-5-7-15(17)19/h8-9,11H,5-7,10H2,1-4H3,(H2,17,19). The molecule has 1 rings (SSSR count). The van der Waals surface area contributed by atoms with Gasteiger partial charge >= 0.3 is 0 Å². The van der Waals surface area contributed by atoms with Crippen molar-refractivity contribution in [2.45, 2.75) is 52.4 Å². The number of unbranched alkanes of at least 4 members (excludes halogenated alkanes) is 1. The molecule has 3 heteroatoms. The predicted octanol–water partition coefficient (Wildman–Crippen LogP) is 4.13. The second-order valence-corrected chi connectivity index (χ2v) is 6.53. The summed E-state index contributed by atoms with van der Waals surface area (Å²) in [6.07, 6.45) is 2.78. The van der Waals surface area contributed by atoms with Gasteiger partial charge in [0.2, 0.25) is 0 Å². The monoisotopic (exact) mass is 279 g/mol. The van der Waals surface area contributed by atoms with E-state index in [1.807, 2.05) is 0 Å². The van der Waals surface area contributed by atoms with Crippen LogP contribution in [-0.4, -0.2) is 11.6 Å². The zero-order valence-electron chi connectivity index (χ0n) is 12.5. The van der Waals surface area contributed by atoms with E-state index in [0.717, 1.165) is 31.6 Å². The van der Waals surface area contributed by atoms with E-state index >= 15 is 0 Å². The van der Waals surface area contributed by atoms with Crippen molar-refractivity contribution in [3.8, 4) is 5.75 Å². The van der Waals surface area contributed by atoms with Crippen molar-refractivity contribution in [3.05, 3.63) is 29.3 Å². The minimum atomic E-state index is 0.181. The van der Waals surface area contributed by atoms with Crippen LogP contribution < -0.4 is 10.5 Å². The van der Waals surface area contributed by atoms with E-state index in [2.05, 4.69) is 45.9 Å². The van der Waals surface area contributed by atoms with Crippen LogP contribution in [0.1, 0.15) is 51.2 Å². The maximum atomic E-state index is 5.80. The number of nitrogens with two attached hydrogens (primary N) is 1. The van der Waals surface area contributed by atoms with E-state index in [-0.39, 0.29) is 5.41 Å². The molecule has 2 nitrogen and oxygen atoms in total. The molecule has 0 heterocycles. The molecule has 2 N–H and O–H groups in total. The molecule has 0 unspecified atom stereocenters. The first-order valence-corrected chi connectivity index (χ1v) is 7.24. The smallest absolute Gasteiger partial charge is 0.122 e. The molecule has 0 fully saturated rings. The SMILES string of the molecule is Cc1cc(C(C)(C)C)ccc1OCCCCC(N)=S. The van der Waals surface area contributed by atoms with Crippen molar-refractivity contribution in [1.82, 2.24) is 0 Å². The Bertz CT molecular complexity index is 435. The van der Waals surface area contributed by atoms with Crippen LogP contribution in [-0.2, 0) is 5.41 Å². The number of benzene rings is 1. The van der Waals surface area contributed by atoms with Crippen molar-refractivity contribution < 1.29 is 4.74 Å². The van der Waals surface area contributed by atoms with Gasteiger partial charge in [-0.2, -0.15) is 0 Å². The first kappa shape index (κ1) is 16.0. The van der Waals surface area contributed by atoms with Gasteiger partial charge in [0.05, 0.1) is 11.6 Å². The fraction of sp³-hybridized carbons (Fsp3) is 0.562. The molecular weight excluding hydrogens is 254 g/mol. The van der Waals surface area contributed by atoms with Gasteiger partial charge in [0.25, 0.3) is 0 Å². The summed E-state index contributed by atoms with van der Waals surface area (Å²) in [6.45, 7) is 9.48. The van der Waals surface area contributed by atoms with Gasteiger partial charge < -0.3 is 10.5 Å². The highest BCUT2D eigenvalue weighted by Gasteiger charge is 2.14. The van der Waals surface area contributed by atoms with Crippen LogP contribution in [0.3, 0.4) is 0 Å². The minimum absolute atomic E-state index is 0.181. The number of aryl methyl sites for hydroxylation is 1. The van der Waals surface area contributed by atoms with E-state index in [9.17, 15) is 0 Å². The van der Waals surface area contributed by atoms with Crippen LogP contribution in [0, 0.1) is 6.92 Å².